The molecule has 1 aromatic carbocycles. The predicted octanol–water partition coefficient (Wildman–Crippen LogP) is 3.67. The van der Waals surface area contributed by atoms with Crippen LogP contribution in [0.4, 0.5) is 0 Å². The van der Waals surface area contributed by atoms with Crippen molar-refractivity contribution in [2.24, 2.45) is 0 Å². The highest BCUT2D eigenvalue weighted by Crippen LogP contribution is 2.34. The van der Waals surface area contributed by atoms with Gasteiger partial charge in [-0.3, -0.25) is 0 Å². The molecule has 0 spiro atoms. The summed E-state index contributed by atoms with van der Waals surface area (Å²) in [6.07, 6.45) is 2.97. The number of nitrogens with zero attached hydrogens (tertiary/aromatic N) is 1. The molecule has 0 saturated carbocycles. The first-order chi connectivity index (χ1) is 8.33. The fourth-order valence-electron chi connectivity index (χ4n) is 2.44. The van der Waals surface area contributed by atoms with Gasteiger partial charge in [-0.2, -0.15) is 5.26 Å². The highest BCUT2D eigenvalue weighted by Gasteiger charge is 2.29. The summed E-state index contributed by atoms with van der Waals surface area (Å²) in [5.41, 5.74) is 1.38. The van der Waals surface area contributed by atoms with Gasteiger partial charge in [0.25, 0.3) is 0 Å². The van der Waals surface area contributed by atoms with Crippen molar-refractivity contribution in [3.63, 3.8) is 0 Å². The van der Waals surface area contributed by atoms with Gasteiger partial charge in [0.2, 0.25) is 0 Å². The Labute approximate surface area is 116 Å². The van der Waals surface area contributed by atoms with Crippen LogP contribution in [-0.2, 0) is 4.74 Å². The van der Waals surface area contributed by atoms with E-state index in [0.29, 0.717) is 18.4 Å². The Hall–Kier alpha value is -0.600. The molecule has 0 unspecified atom stereocenters. The molecule has 3 heteroatoms. The molecule has 2 nitrogen and oxygen atoms in total. The summed E-state index contributed by atoms with van der Waals surface area (Å²) < 4.78 is 6.90. The Balaban J connectivity index is 2.09. The average Bonchev–Trinajstić information content (AvgIpc) is 2.40. The molecular formula is C14H16INO. The molecule has 1 fully saturated rings. The van der Waals surface area contributed by atoms with Crippen LogP contribution < -0.4 is 0 Å². The maximum Gasteiger partial charge on any atom is 0.0714 e. The number of benzene rings is 1. The molecule has 17 heavy (non-hydrogen) atoms. The lowest BCUT2D eigenvalue weighted by atomic mass is 9.85. The minimum atomic E-state index is 0.110. The second-order valence-corrected chi connectivity index (χ2v) is 5.36. The number of alkyl halides is 1. The topological polar surface area (TPSA) is 33.0 Å². The summed E-state index contributed by atoms with van der Waals surface area (Å²) >= 11 is 2.37. The van der Waals surface area contributed by atoms with Gasteiger partial charge in [-0.05, 0) is 24.3 Å². The largest absolute Gasteiger partial charge is 0.373 e. The fraction of sp³-hybridized carbons (Fsp3) is 0.500. The van der Waals surface area contributed by atoms with E-state index in [1.165, 1.54) is 5.56 Å². The summed E-state index contributed by atoms with van der Waals surface area (Å²) in [7, 11) is 0. The zero-order chi connectivity index (χ0) is 12.1. The summed E-state index contributed by atoms with van der Waals surface area (Å²) in [5, 5.41) is 8.80. The second-order valence-electron chi connectivity index (χ2n) is 4.48. The molecule has 1 aliphatic rings. The molecule has 3 atom stereocenters. The molecule has 1 aromatic rings. The average molecular weight is 341 g/mol. The van der Waals surface area contributed by atoms with Crippen LogP contribution in [0.2, 0.25) is 0 Å². The molecule has 0 aliphatic carbocycles. The Morgan fingerprint density at radius 1 is 1.24 bits per heavy atom. The van der Waals surface area contributed by atoms with E-state index in [1.807, 2.05) is 6.07 Å². The van der Waals surface area contributed by atoms with Crippen molar-refractivity contribution in [1.82, 2.24) is 0 Å². The number of ether oxygens (including phenoxy) is 1. The van der Waals surface area contributed by atoms with E-state index in [0.717, 1.165) is 17.3 Å². The highest BCUT2D eigenvalue weighted by atomic mass is 127. The third-order valence-corrected chi connectivity index (χ3v) is 4.22. The molecule has 0 bridgehead atoms. The maximum atomic E-state index is 8.80. The Kier molecular flexibility index (Phi) is 4.81. The van der Waals surface area contributed by atoms with Crippen molar-refractivity contribution in [1.29, 1.82) is 5.26 Å². The lowest BCUT2D eigenvalue weighted by molar-refractivity contribution is -0.0413. The minimum Gasteiger partial charge on any atom is -0.373 e. The lowest BCUT2D eigenvalue weighted by Crippen LogP contribution is -2.32. The van der Waals surface area contributed by atoms with Crippen molar-refractivity contribution in [2.45, 2.75) is 37.4 Å². The fourth-order valence-corrected chi connectivity index (χ4v) is 3.01. The minimum absolute atomic E-state index is 0.110. The van der Waals surface area contributed by atoms with Gasteiger partial charge in [-0.15, -0.1) is 0 Å². The zero-order valence-corrected chi connectivity index (χ0v) is 11.8. The van der Waals surface area contributed by atoms with E-state index in [9.17, 15) is 0 Å². The van der Waals surface area contributed by atoms with Gasteiger partial charge in [0.15, 0.2) is 0 Å². The Morgan fingerprint density at radius 3 is 2.59 bits per heavy atom. The van der Waals surface area contributed by atoms with Crippen molar-refractivity contribution in [3.05, 3.63) is 35.9 Å². The zero-order valence-electron chi connectivity index (χ0n) is 9.68. The van der Waals surface area contributed by atoms with Crippen LogP contribution in [0.5, 0.6) is 0 Å². The van der Waals surface area contributed by atoms with E-state index in [-0.39, 0.29) is 6.10 Å². The van der Waals surface area contributed by atoms with E-state index >= 15 is 0 Å². The van der Waals surface area contributed by atoms with Crippen LogP contribution in [-0.4, -0.2) is 16.6 Å². The van der Waals surface area contributed by atoms with E-state index < -0.39 is 0 Å². The monoisotopic (exact) mass is 341 g/mol. The number of nitriles is 1. The first kappa shape index (κ1) is 12.8. The van der Waals surface area contributed by atoms with E-state index in [4.69, 9.17) is 10.00 Å². The number of hydrogen-bond acceptors (Lipinski definition) is 2. The van der Waals surface area contributed by atoms with Crippen LogP contribution in [0.15, 0.2) is 30.3 Å². The van der Waals surface area contributed by atoms with Gasteiger partial charge in [-0.1, -0.05) is 52.9 Å². The smallest absolute Gasteiger partial charge is 0.0714 e. The molecule has 0 N–H and O–H groups in total. The van der Waals surface area contributed by atoms with Gasteiger partial charge in [-0.25, -0.2) is 0 Å². The lowest BCUT2D eigenvalue weighted by Gasteiger charge is -2.34. The standard InChI is InChI=1S/C14H16INO/c15-10-14-9-12(8-13(17-14)6-7-16)11-4-2-1-3-5-11/h1-5,12-14H,6,8-10H2/t12-,13-,14+/m0/s1. The van der Waals surface area contributed by atoms with Crippen molar-refractivity contribution >= 4 is 22.6 Å². The highest BCUT2D eigenvalue weighted by molar-refractivity contribution is 14.1. The van der Waals surface area contributed by atoms with E-state index in [2.05, 4.69) is 52.9 Å². The Morgan fingerprint density at radius 2 is 1.94 bits per heavy atom. The van der Waals surface area contributed by atoms with Gasteiger partial charge in [0.05, 0.1) is 24.7 Å². The van der Waals surface area contributed by atoms with Gasteiger partial charge in [0, 0.05) is 4.43 Å². The molecule has 2 rings (SSSR count). The van der Waals surface area contributed by atoms with Crippen molar-refractivity contribution in [2.75, 3.05) is 4.43 Å². The van der Waals surface area contributed by atoms with Crippen LogP contribution in [0, 0.1) is 11.3 Å². The van der Waals surface area contributed by atoms with Crippen molar-refractivity contribution < 1.29 is 4.74 Å². The third kappa shape index (κ3) is 3.43. The number of rotatable bonds is 3. The molecule has 0 amide bonds. The van der Waals surface area contributed by atoms with Crippen LogP contribution in [0.25, 0.3) is 0 Å². The van der Waals surface area contributed by atoms with Gasteiger partial charge in [0.1, 0.15) is 0 Å². The maximum absolute atomic E-state index is 8.80. The summed E-state index contributed by atoms with van der Waals surface area (Å²) in [6.45, 7) is 0. The molecule has 1 saturated heterocycles. The summed E-state index contributed by atoms with van der Waals surface area (Å²) in [4.78, 5) is 0. The molecule has 1 heterocycles. The second kappa shape index (κ2) is 6.36. The Bertz CT molecular complexity index is 387. The molecule has 0 aromatic heterocycles. The molecule has 90 valence electrons. The first-order valence-corrected chi connectivity index (χ1v) is 7.49. The SMILES string of the molecule is N#CC[C@H]1C[C@H](c2ccccc2)C[C@H](CI)O1. The predicted molar refractivity (Wildman–Crippen MR) is 76.2 cm³/mol. The summed E-state index contributed by atoms with van der Waals surface area (Å²) in [6, 6.07) is 12.8. The van der Waals surface area contributed by atoms with E-state index in [1.54, 1.807) is 0 Å². The van der Waals surface area contributed by atoms with Gasteiger partial charge >= 0.3 is 0 Å². The van der Waals surface area contributed by atoms with Crippen LogP contribution >= 0.6 is 22.6 Å². The van der Waals surface area contributed by atoms with Crippen molar-refractivity contribution in [3.8, 4) is 6.07 Å². The third-order valence-electron chi connectivity index (χ3n) is 3.24. The normalized spacial score (nSPS) is 28.6. The quantitative estimate of drug-likeness (QED) is 0.621. The van der Waals surface area contributed by atoms with Crippen LogP contribution in [0.1, 0.15) is 30.7 Å². The van der Waals surface area contributed by atoms with Gasteiger partial charge < -0.3 is 4.74 Å². The first-order valence-electron chi connectivity index (χ1n) is 5.96. The molecule has 0 radical (unpaired) electrons. The van der Waals surface area contributed by atoms with Crippen LogP contribution in [0.3, 0.4) is 0 Å². The number of hydrogen-bond donors (Lipinski definition) is 0. The number of halogens is 1. The molecular weight excluding hydrogens is 325 g/mol. The summed E-state index contributed by atoms with van der Waals surface area (Å²) in [5.74, 6) is 0.545. The molecule has 1 aliphatic heterocycles.